The Labute approximate surface area is 189 Å². The number of benzene rings is 2. The van der Waals surface area contributed by atoms with Crippen LogP contribution in [0.1, 0.15) is 53.6 Å². The number of nitrogens with zero attached hydrogens (tertiary/aromatic N) is 1. The molecule has 0 radical (unpaired) electrons. The summed E-state index contributed by atoms with van der Waals surface area (Å²) >= 11 is 0. The van der Waals surface area contributed by atoms with E-state index in [4.69, 9.17) is 5.11 Å². The van der Waals surface area contributed by atoms with Crippen molar-refractivity contribution in [2.45, 2.75) is 57.0 Å². The van der Waals surface area contributed by atoms with Gasteiger partial charge in [0, 0.05) is 30.4 Å². The van der Waals surface area contributed by atoms with Gasteiger partial charge in [0.1, 0.15) is 11.6 Å². The van der Waals surface area contributed by atoms with Crippen LogP contribution in [-0.4, -0.2) is 41.0 Å². The fourth-order valence-electron chi connectivity index (χ4n) is 4.56. The molecule has 2 aromatic rings. The Morgan fingerprint density at radius 2 is 1.58 bits per heavy atom. The summed E-state index contributed by atoms with van der Waals surface area (Å²) in [5.74, 6) is -7.98. The largest absolute Gasteiger partial charge is 0.400 e. The number of aliphatic hydroxyl groups is 1. The van der Waals surface area contributed by atoms with Crippen molar-refractivity contribution in [1.29, 1.82) is 0 Å². The summed E-state index contributed by atoms with van der Waals surface area (Å²) in [7, 11) is 1.00. The van der Waals surface area contributed by atoms with E-state index in [1.54, 1.807) is 0 Å². The number of nitrogens with one attached hydrogen (secondary N) is 1. The first-order valence-corrected chi connectivity index (χ1v) is 10.7. The Hall–Kier alpha value is -2.94. The standard InChI is InChI=1S/C23H22F4N2O2.CH4O/c1-13-11-15(6-10-19(13)24)28-21(30)14-5-9-20(25)18(12-14)23(26,27)22(31)29-16-3-2-4-17(29)8-7-16;1-2/h5-6,9-12,16-17H,2-4,7-8H2,1H3,(H,28,30);2H,1H3. The molecule has 2 aliphatic heterocycles. The minimum Gasteiger partial charge on any atom is -0.400 e. The Morgan fingerprint density at radius 3 is 2.18 bits per heavy atom. The van der Waals surface area contributed by atoms with Gasteiger partial charge in [-0.25, -0.2) is 8.78 Å². The van der Waals surface area contributed by atoms with Gasteiger partial charge in [0.15, 0.2) is 0 Å². The minimum absolute atomic E-state index is 0.229. The molecule has 33 heavy (non-hydrogen) atoms. The highest BCUT2D eigenvalue weighted by atomic mass is 19.3. The van der Waals surface area contributed by atoms with Crippen molar-refractivity contribution in [3.8, 4) is 0 Å². The van der Waals surface area contributed by atoms with Crippen molar-refractivity contribution in [3.63, 3.8) is 0 Å². The summed E-state index contributed by atoms with van der Waals surface area (Å²) in [5, 5.41) is 9.47. The van der Waals surface area contributed by atoms with Crippen LogP contribution in [0, 0.1) is 18.6 Å². The van der Waals surface area contributed by atoms with Gasteiger partial charge in [0.05, 0.1) is 5.56 Å². The fourth-order valence-corrected chi connectivity index (χ4v) is 4.56. The molecule has 178 valence electrons. The lowest BCUT2D eigenvalue weighted by atomic mass is 9.98. The van der Waals surface area contributed by atoms with E-state index in [0.717, 1.165) is 25.7 Å². The molecule has 2 amide bonds. The Bertz CT molecular complexity index is 1030. The maximum atomic E-state index is 15.1. The molecule has 2 heterocycles. The van der Waals surface area contributed by atoms with Gasteiger partial charge >= 0.3 is 5.92 Å². The predicted molar refractivity (Wildman–Crippen MR) is 115 cm³/mol. The number of carbonyl (C=O) groups excluding carboxylic acids is 2. The number of piperidine rings is 1. The van der Waals surface area contributed by atoms with Crippen LogP contribution >= 0.6 is 0 Å². The Morgan fingerprint density at radius 1 is 0.970 bits per heavy atom. The summed E-state index contributed by atoms with van der Waals surface area (Å²) in [6.07, 6.45) is 3.57. The van der Waals surface area contributed by atoms with Crippen molar-refractivity contribution in [3.05, 3.63) is 64.7 Å². The van der Waals surface area contributed by atoms with E-state index in [1.165, 1.54) is 30.0 Å². The molecule has 2 N–H and O–H groups in total. The lowest BCUT2D eigenvalue weighted by molar-refractivity contribution is -0.164. The third-order valence-corrected chi connectivity index (χ3v) is 6.18. The molecule has 2 aromatic carbocycles. The zero-order valence-electron chi connectivity index (χ0n) is 18.4. The van der Waals surface area contributed by atoms with E-state index < -0.39 is 34.9 Å². The summed E-state index contributed by atoms with van der Waals surface area (Å²) in [6, 6.07) is 5.94. The summed E-state index contributed by atoms with van der Waals surface area (Å²) < 4.78 is 58.0. The predicted octanol–water partition coefficient (Wildman–Crippen LogP) is 4.77. The zero-order chi connectivity index (χ0) is 24.3. The van der Waals surface area contributed by atoms with Crippen molar-refractivity contribution >= 4 is 17.5 Å². The van der Waals surface area contributed by atoms with E-state index in [-0.39, 0.29) is 23.3 Å². The number of hydrogen-bond acceptors (Lipinski definition) is 3. The SMILES string of the molecule is CO.Cc1cc(NC(=O)c2ccc(F)c(C(F)(F)C(=O)N3C4CCCC3CC4)c2)ccc1F. The summed E-state index contributed by atoms with van der Waals surface area (Å²) in [4.78, 5) is 26.5. The Balaban J connectivity index is 0.00000149. The number of carbonyl (C=O) groups is 2. The van der Waals surface area contributed by atoms with Crippen LogP contribution in [-0.2, 0) is 10.7 Å². The summed E-state index contributed by atoms with van der Waals surface area (Å²) in [6.45, 7) is 1.51. The van der Waals surface area contributed by atoms with Gasteiger partial charge in [-0.15, -0.1) is 0 Å². The van der Waals surface area contributed by atoms with Crippen molar-refractivity contribution in [2.75, 3.05) is 12.4 Å². The molecule has 9 heteroatoms. The third-order valence-electron chi connectivity index (χ3n) is 6.18. The molecule has 0 aromatic heterocycles. The van der Waals surface area contributed by atoms with E-state index in [0.29, 0.717) is 37.3 Å². The minimum atomic E-state index is -4.09. The number of alkyl halides is 2. The van der Waals surface area contributed by atoms with Crippen LogP contribution in [0.5, 0.6) is 0 Å². The van der Waals surface area contributed by atoms with Crippen molar-refractivity contribution in [2.24, 2.45) is 0 Å². The molecule has 2 unspecified atom stereocenters. The van der Waals surface area contributed by atoms with Crippen LogP contribution in [0.4, 0.5) is 23.2 Å². The van der Waals surface area contributed by atoms with Gasteiger partial charge in [-0.3, -0.25) is 9.59 Å². The average molecular weight is 466 g/mol. The third kappa shape index (κ3) is 4.88. The van der Waals surface area contributed by atoms with Crippen LogP contribution < -0.4 is 5.32 Å². The van der Waals surface area contributed by atoms with Crippen LogP contribution in [0.25, 0.3) is 0 Å². The molecule has 5 nitrogen and oxygen atoms in total. The maximum absolute atomic E-state index is 15.1. The lowest BCUT2D eigenvalue weighted by Crippen LogP contribution is -2.50. The molecule has 0 aliphatic carbocycles. The van der Waals surface area contributed by atoms with E-state index in [9.17, 15) is 18.4 Å². The topological polar surface area (TPSA) is 69.6 Å². The number of amides is 2. The lowest BCUT2D eigenvalue weighted by Gasteiger charge is -2.37. The molecule has 0 saturated carbocycles. The second-order valence-corrected chi connectivity index (χ2v) is 8.22. The van der Waals surface area contributed by atoms with Gasteiger partial charge in [-0.2, -0.15) is 8.78 Å². The van der Waals surface area contributed by atoms with E-state index >= 15 is 8.78 Å². The first-order valence-electron chi connectivity index (χ1n) is 10.7. The first kappa shape index (κ1) is 24.7. The van der Waals surface area contributed by atoms with Gasteiger partial charge in [0.25, 0.3) is 11.8 Å². The smallest absolute Gasteiger partial charge is 0.352 e. The molecule has 0 spiro atoms. The van der Waals surface area contributed by atoms with E-state index in [2.05, 4.69) is 5.32 Å². The first-order chi connectivity index (χ1) is 15.7. The Kier molecular flexibility index (Phi) is 7.41. The molecule has 2 fully saturated rings. The zero-order valence-corrected chi connectivity index (χ0v) is 18.4. The number of aryl methyl sites for hydroxylation is 1. The highest BCUT2D eigenvalue weighted by molar-refractivity contribution is 6.04. The normalized spacial score (nSPS) is 19.5. The number of aliphatic hydroxyl groups excluding tert-OH is 1. The molecule has 2 aliphatic rings. The van der Waals surface area contributed by atoms with Gasteiger partial charge < -0.3 is 15.3 Å². The molecule has 4 rings (SSSR count). The molecule has 2 atom stereocenters. The molecule has 2 saturated heterocycles. The quantitative estimate of drug-likeness (QED) is 0.638. The van der Waals surface area contributed by atoms with Crippen LogP contribution in [0.2, 0.25) is 0 Å². The monoisotopic (exact) mass is 466 g/mol. The van der Waals surface area contributed by atoms with Crippen molar-refractivity contribution in [1.82, 2.24) is 4.90 Å². The van der Waals surface area contributed by atoms with E-state index in [1.807, 2.05) is 0 Å². The number of hydrogen-bond donors (Lipinski definition) is 2. The molecular weight excluding hydrogens is 440 g/mol. The fraction of sp³-hybridized carbons (Fsp3) is 0.417. The van der Waals surface area contributed by atoms with Gasteiger partial charge in [-0.05, 0) is 81.0 Å². The number of halogens is 4. The average Bonchev–Trinajstić information content (AvgIpc) is 3.04. The molecule has 2 bridgehead atoms. The highest BCUT2D eigenvalue weighted by Gasteiger charge is 2.52. The second kappa shape index (κ2) is 9.91. The van der Waals surface area contributed by atoms with Crippen LogP contribution in [0.3, 0.4) is 0 Å². The van der Waals surface area contributed by atoms with Gasteiger partial charge in [0.2, 0.25) is 0 Å². The second-order valence-electron chi connectivity index (χ2n) is 8.22. The summed E-state index contributed by atoms with van der Waals surface area (Å²) in [5.41, 5.74) is -0.786. The van der Waals surface area contributed by atoms with Crippen LogP contribution in [0.15, 0.2) is 36.4 Å². The molecular formula is C24H26F4N2O3. The van der Waals surface area contributed by atoms with Crippen molar-refractivity contribution < 1.29 is 32.3 Å². The number of fused-ring (bicyclic) bond motifs is 2. The maximum Gasteiger partial charge on any atom is 0.352 e. The number of rotatable bonds is 4. The highest BCUT2D eigenvalue weighted by Crippen LogP contribution is 2.41. The van der Waals surface area contributed by atoms with Gasteiger partial charge in [-0.1, -0.05) is 0 Å². The number of anilines is 1.